The van der Waals surface area contributed by atoms with E-state index in [4.69, 9.17) is 4.74 Å². The maximum atomic E-state index is 12.7. The van der Waals surface area contributed by atoms with Gasteiger partial charge in [0, 0.05) is 17.8 Å². The Kier molecular flexibility index (Phi) is 3.89. The molecule has 132 valence electrons. The molecule has 1 aliphatic rings. The second-order valence-electron chi connectivity index (χ2n) is 7.60. The first-order chi connectivity index (χ1) is 11.6. The molecule has 25 heavy (non-hydrogen) atoms. The van der Waals surface area contributed by atoms with Crippen LogP contribution in [0.25, 0.3) is 5.69 Å². The molecular weight excluding hydrogens is 318 g/mol. The third-order valence-electron chi connectivity index (χ3n) is 3.92. The van der Waals surface area contributed by atoms with E-state index in [9.17, 15) is 4.79 Å². The Morgan fingerprint density at radius 2 is 2.00 bits per heavy atom. The molecule has 1 amide bonds. The van der Waals surface area contributed by atoms with Gasteiger partial charge in [0.25, 0.3) is 5.91 Å². The molecule has 0 saturated heterocycles. The van der Waals surface area contributed by atoms with Crippen LogP contribution in [0.15, 0.2) is 35.8 Å². The van der Waals surface area contributed by atoms with Gasteiger partial charge in [-0.2, -0.15) is 10.1 Å². The molecule has 7 heteroatoms. The zero-order chi connectivity index (χ0) is 18.4. The molecule has 0 fully saturated rings. The van der Waals surface area contributed by atoms with Gasteiger partial charge < -0.3 is 4.74 Å². The summed E-state index contributed by atoms with van der Waals surface area (Å²) in [5, 5.41) is 10.4. The molecule has 2 aromatic rings. The number of amides is 1. The molecule has 0 N–H and O–H groups in total. The van der Waals surface area contributed by atoms with Gasteiger partial charge in [-0.1, -0.05) is 20.8 Å². The van der Waals surface area contributed by atoms with Gasteiger partial charge in [-0.25, -0.2) is 4.68 Å². The fourth-order valence-electron chi connectivity index (χ4n) is 2.52. The zero-order valence-electron chi connectivity index (χ0n) is 15.4. The van der Waals surface area contributed by atoms with Crippen molar-refractivity contribution in [1.29, 1.82) is 0 Å². The highest BCUT2D eigenvalue weighted by Crippen LogP contribution is 2.32. The van der Waals surface area contributed by atoms with E-state index < -0.39 is 11.1 Å². The van der Waals surface area contributed by atoms with Crippen molar-refractivity contribution in [2.75, 3.05) is 0 Å². The molecule has 3 heterocycles. The number of carbonyl (C=O) groups excluding carboxylic acids is 1. The van der Waals surface area contributed by atoms with Gasteiger partial charge in [0.05, 0.1) is 23.1 Å². The summed E-state index contributed by atoms with van der Waals surface area (Å²) in [7, 11) is 0. The van der Waals surface area contributed by atoms with Crippen molar-refractivity contribution in [2.45, 2.75) is 47.3 Å². The predicted molar refractivity (Wildman–Crippen MR) is 94.1 cm³/mol. The summed E-state index contributed by atoms with van der Waals surface area (Å²) < 4.78 is 7.71. The normalized spacial score (nSPS) is 16.6. The van der Waals surface area contributed by atoms with Gasteiger partial charge in [-0.3, -0.25) is 9.78 Å². The molecule has 0 saturated carbocycles. The van der Waals surface area contributed by atoms with Crippen LogP contribution in [0.5, 0.6) is 0 Å². The Hall–Kier alpha value is -2.70. The minimum absolute atomic E-state index is 0.0928. The number of carbonyl (C=O) groups is 1. The molecule has 0 aliphatic carbocycles. The van der Waals surface area contributed by atoms with Crippen molar-refractivity contribution in [3.63, 3.8) is 0 Å². The van der Waals surface area contributed by atoms with Crippen molar-refractivity contribution in [1.82, 2.24) is 19.8 Å². The van der Waals surface area contributed by atoms with Crippen LogP contribution >= 0.6 is 0 Å². The maximum absolute atomic E-state index is 12.7. The predicted octanol–water partition coefficient (Wildman–Crippen LogP) is 2.88. The lowest BCUT2D eigenvalue weighted by atomic mass is 9.94. The van der Waals surface area contributed by atoms with E-state index in [2.05, 4.69) is 15.2 Å². The van der Waals surface area contributed by atoms with Crippen molar-refractivity contribution in [2.24, 2.45) is 10.5 Å². The summed E-state index contributed by atoms with van der Waals surface area (Å²) in [5.41, 5.74) is 0.971. The Morgan fingerprint density at radius 1 is 1.28 bits per heavy atom. The lowest BCUT2D eigenvalue weighted by molar-refractivity contribution is -0.153. The topological polar surface area (TPSA) is 72.6 Å². The van der Waals surface area contributed by atoms with E-state index in [1.807, 2.05) is 59.9 Å². The molecule has 0 spiro atoms. The highest BCUT2D eigenvalue weighted by Gasteiger charge is 2.44. The molecule has 1 aliphatic heterocycles. The van der Waals surface area contributed by atoms with Crippen LogP contribution in [0.3, 0.4) is 0 Å². The summed E-state index contributed by atoms with van der Waals surface area (Å²) in [6, 6.07) is 3.77. The van der Waals surface area contributed by atoms with Gasteiger partial charge in [-0.05, 0) is 32.9 Å². The number of hydrogen-bond acceptors (Lipinski definition) is 5. The number of aryl methyl sites for hydroxylation is 1. The molecule has 0 bridgehead atoms. The molecule has 0 aromatic carbocycles. The largest absolute Gasteiger partial charge is 0.448 e. The second kappa shape index (κ2) is 5.68. The number of nitrogens with zero attached hydrogens (tertiary/aromatic N) is 5. The van der Waals surface area contributed by atoms with E-state index in [0.717, 1.165) is 16.9 Å². The van der Waals surface area contributed by atoms with E-state index in [0.29, 0.717) is 5.90 Å². The Balaban J connectivity index is 1.98. The first kappa shape index (κ1) is 17.1. The van der Waals surface area contributed by atoms with Gasteiger partial charge >= 0.3 is 0 Å². The number of ether oxygens (including phenoxy) is 1. The maximum Gasteiger partial charge on any atom is 0.251 e. The van der Waals surface area contributed by atoms with E-state index in [1.54, 1.807) is 17.1 Å². The van der Waals surface area contributed by atoms with Crippen LogP contribution in [0.1, 0.15) is 45.9 Å². The fourth-order valence-corrected chi connectivity index (χ4v) is 2.52. The zero-order valence-corrected chi connectivity index (χ0v) is 15.4. The van der Waals surface area contributed by atoms with E-state index in [-0.39, 0.29) is 5.91 Å². The van der Waals surface area contributed by atoms with Crippen LogP contribution in [0.2, 0.25) is 0 Å². The standard InChI is InChI=1S/C18H23N5O2/c1-12-14(11-22(20-12)13-8-7-9-19-10-13)15-21-23(18(5,6)25-15)16(24)17(2,3)4/h7-11H,1-6H3. The summed E-state index contributed by atoms with van der Waals surface area (Å²) >= 11 is 0. The fraction of sp³-hybridized carbons (Fsp3) is 0.444. The average molecular weight is 341 g/mol. The summed E-state index contributed by atoms with van der Waals surface area (Å²) in [4.78, 5) is 16.8. The van der Waals surface area contributed by atoms with Crippen molar-refractivity contribution in [3.8, 4) is 5.69 Å². The second-order valence-corrected chi connectivity index (χ2v) is 7.60. The summed E-state index contributed by atoms with van der Waals surface area (Å²) in [6.07, 6.45) is 5.28. The highest BCUT2D eigenvalue weighted by molar-refractivity contribution is 5.98. The lowest BCUT2D eigenvalue weighted by Gasteiger charge is -2.31. The first-order valence-electron chi connectivity index (χ1n) is 8.19. The van der Waals surface area contributed by atoms with Gasteiger partial charge in [-0.15, -0.1) is 5.10 Å². The molecular formula is C18H23N5O2. The minimum atomic E-state index is -0.845. The van der Waals surface area contributed by atoms with Crippen molar-refractivity contribution >= 4 is 11.8 Å². The SMILES string of the molecule is Cc1nn(-c2cccnc2)cc1C1=NN(C(=O)C(C)(C)C)C(C)(C)O1. The van der Waals surface area contributed by atoms with Crippen LogP contribution in [-0.2, 0) is 9.53 Å². The molecule has 0 unspecified atom stereocenters. The van der Waals surface area contributed by atoms with Crippen molar-refractivity contribution < 1.29 is 9.53 Å². The number of pyridine rings is 1. The Morgan fingerprint density at radius 3 is 2.60 bits per heavy atom. The number of hydrazone groups is 1. The van der Waals surface area contributed by atoms with E-state index in [1.165, 1.54) is 5.01 Å². The monoisotopic (exact) mass is 341 g/mol. The lowest BCUT2D eigenvalue weighted by Crippen LogP contribution is -2.46. The molecule has 2 aromatic heterocycles. The van der Waals surface area contributed by atoms with Crippen LogP contribution in [-0.4, -0.2) is 37.3 Å². The average Bonchev–Trinajstić information content (AvgIpc) is 3.06. The van der Waals surface area contributed by atoms with Crippen LogP contribution in [0, 0.1) is 12.3 Å². The van der Waals surface area contributed by atoms with E-state index >= 15 is 0 Å². The Bertz CT molecular complexity index is 831. The number of hydrogen-bond donors (Lipinski definition) is 0. The third-order valence-corrected chi connectivity index (χ3v) is 3.92. The van der Waals surface area contributed by atoms with Gasteiger partial charge in [0.1, 0.15) is 0 Å². The van der Waals surface area contributed by atoms with Gasteiger partial charge in [0.2, 0.25) is 11.6 Å². The number of rotatable bonds is 2. The molecule has 0 radical (unpaired) electrons. The highest BCUT2D eigenvalue weighted by atomic mass is 16.6. The molecule has 3 rings (SSSR count). The quantitative estimate of drug-likeness (QED) is 0.842. The van der Waals surface area contributed by atoms with Crippen molar-refractivity contribution in [3.05, 3.63) is 42.0 Å². The summed E-state index contributed by atoms with van der Waals surface area (Å²) in [6.45, 7) is 11.1. The first-order valence-corrected chi connectivity index (χ1v) is 8.19. The third kappa shape index (κ3) is 3.14. The molecule has 0 atom stereocenters. The number of aromatic nitrogens is 3. The minimum Gasteiger partial charge on any atom is -0.448 e. The Labute approximate surface area is 147 Å². The molecule has 7 nitrogen and oxygen atoms in total. The summed E-state index contributed by atoms with van der Waals surface area (Å²) in [5.74, 6) is 0.306. The smallest absolute Gasteiger partial charge is 0.251 e. The van der Waals surface area contributed by atoms with Crippen LogP contribution < -0.4 is 0 Å². The van der Waals surface area contributed by atoms with Crippen LogP contribution in [0.4, 0.5) is 0 Å². The van der Waals surface area contributed by atoms with Gasteiger partial charge in [0.15, 0.2) is 0 Å².